The van der Waals surface area contributed by atoms with Gasteiger partial charge in [-0.05, 0) is 67.1 Å². The summed E-state index contributed by atoms with van der Waals surface area (Å²) in [4.78, 5) is 0. The van der Waals surface area contributed by atoms with Crippen molar-refractivity contribution >= 4 is 38.0 Å². The third kappa shape index (κ3) is 2.86. The van der Waals surface area contributed by atoms with E-state index in [9.17, 15) is 0 Å². The van der Waals surface area contributed by atoms with Crippen LogP contribution in [0.3, 0.4) is 0 Å². The van der Waals surface area contributed by atoms with Gasteiger partial charge in [0.1, 0.15) is 0 Å². The first-order chi connectivity index (χ1) is 13.9. The van der Waals surface area contributed by atoms with Gasteiger partial charge in [-0.1, -0.05) is 87.5 Å². The van der Waals surface area contributed by atoms with E-state index >= 15 is 0 Å². The van der Waals surface area contributed by atoms with Crippen molar-refractivity contribution in [3.63, 3.8) is 0 Å². The number of benzene rings is 5. The van der Waals surface area contributed by atoms with Crippen molar-refractivity contribution in [1.82, 2.24) is 0 Å². The quantitative estimate of drug-likeness (QED) is 0.236. The van der Waals surface area contributed by atoms with Gasteiger partial charge in [0, 0.05) is 11.3 Å². The van der Waals surface area contributed by atoms with Gasteiger partial charge in [0.05, 0.1) is 0 Å². The van der Waals surface area contributed by atoms with Crippen molar-refractivity contribution in [2.45, 2.75) is 26.2 Å². The number of nitrogen functional groups attached to an aromatic ring is 1. The minimum atomic E-state index is 0.0855. The Kier molecular flexibility index (Phi) is 3.89. The molecule has 0 aliphatic carbocycles. The van der Waals surface area contributed by atoms with Crippen LogP contribution in [0.4, 0.5) is 5.69 Å². The van der Waals surface area contributed by atoms with E-state index in [0.29, 0.717) is 0 Å². The summed E-state index contributed by atoms with van der Waals surface area (Å²) in [6.45, 7) is 6.72. The fourth-order valence-corrected chi connectivity index (χ4v) is 4.35. The standard InChI is InChI=1S/C28H25N/c1-28(2,3)19-13-15-27(29)25(17-19)18-12-14-24-22-10-5-4-8-20(22)21-9-6-7-11-23(21)26(24)16-18/h4-17H,29H2,1-3H3. The molecule has 0 aromatic heterocycles. The maximum atomic E-state index is 6.41. The summed E-state index contributed by atoms with van der Waals surface area (Å²) in [6, 6.07) is 30.6. The van der Waals surface area contributed by atoms with Gasteiger partial charge in [-0.2, -0.15) is 0 Å². The predicted octanol–water partition coefficient (Wildman–Crippen LogP) is 7.69. The number of fused-ring (bicyclic) bond motifs is 6. The minimum Gasteiger partial charge on any atom is -0.398 e. The average molecular weight is 376 g/mol. The van der Waals surface area contributed by atoms with Crippen LogP contribution in [0.1, 0.15) is 26.3 Å². The van der Waals surface area contributed by atoms with Gasteiger partial charge in [-0.3, -0.25) is 0 Å². The summed E-state index contributed by atoms with van der Waals surface area (Å²) in [7, 11) is 0. The maximum Gasteiger partial charge on any atom is 0.0393 e. The number of rotatable bonds is 1. The zero-order valence-electron chi connectivity index (χ0n) is 17.2. The monoisotopic (exact) mass is 375 g/mol. The highest BCUT2D eigenvalue weighted by Crippen LogP contribution is 2.38. The fraction of sp³-hybridized carbons (Fsp3) is 0.143. The van der Waals surface area contributed by atoms with Gasteiger partial charge in [0.2, 0.25) is 0 Å². The van der Waals surface area contributed by atoms with Crippen molar-refractivity contribution in [3.05, 3.63) is 90.5 Å². The third-order valence-corrected chi connectivity index (χ3v) is 5.97. The van der Waals surface area contributed by atoms with Gasteiger partial charge < -0.3 is 5.73 Å². The maximum absolute atomic E-state index is 6.41. The molecule has 5 aromatic rings. The Hall–Kier alpha value is -3.32. The predicted molar refractivity (Wildman–Crippen MR) is 128 cm³/mol. The van der Waals surface area contributed by atoms with Gasteiger partial charge in [-0.15, -0.1) is 0 Å². The third-order valence-electron chi connectivity index (χ3n) is 5.97. The summed E-state index contributed by atoms with van der Waals surface area (Å²) >= 11 is 0. The largest absolute Gasteiger partial charge is 0.398 e. The Bertz CT molecular complexity index is 1350. The van der Waals surface area contributed by atoms with Crippen molar-refractivity contribution in [3.8, 4) is 11.1 Å². The van der Waals surface area contributed by atoms with Crippen LogP contribution in [0, 0.1) is 0 Å². The molecule has 0 aliphatic heterocycles. The van der Waals surface area contributed by atoms with Crippen LogP contribution in [0.15, 0.2) is 84.9 Å². The Balaban J connectivity index is 1.85. The highest BCUT2D eigenvalue weighted by atomic mass is 14.6. The van der Waals surface area contributed by atoms with Crippen molar-refractivity contribution in [1.29, 1.82) is 0 Å². The molecule has 2 N–H and O–H groups in total. The lowest BCUT2D eigenvalue weighted by Gasteiger charge is -2.21. The summed E-state index contributed by atoms with van der Waals surface area (Å²) < 4.78 is 0. The van der Waals surface area contributed by atoms with Crippen LogP contribution >= 0.6 is 0 Å². The van der Waals surface area contributed by atoms with Crippen LogP contribution in [0.2, 0.25) is 0 Å². The molecule has 0 atom stereocenters. The molecule has 0 aliphatic rings. The molecule has 142 valence electrons. The Labute approximate surface area is 171 Å². The second-order valence-electron chi connectivity index (χ2n) is 8.90. The molecule has 5 aromatic carbocycles. The van der Waals surface area contributed by atoms with E-state index in [-0.39, 0.29) is 5.41 Å². The second-order valence-corrected chi connectivity index (χ2v) is 8.90. The number of hydrogen-bond acceptors (Lipinski definition) is 1. The molecule has 0 spiro atoms. The van der Waals surface area contributed by atoms with E-state index < -0.39 is 0 Å². The van der Waals surface area contributed by atoms with Crippen LogP contribution in [0.25, 0.3) is 43.4 Å². The number of nitrogens with two attached hydrogens (primary N) is 1. The van der Waals surface area contributed by atoms with E-state index in [1.54, 1.807) is 0 Å². The molecular formula is C28H25N. The van der Waals surface area contributed by atoms with Crippen LogP contribution in [-0.4, -0.2) is 0 Å². The van der Waals surface area contributed by atoms with Gasteiger partial charge in [0.25, 0.3) is 0 Å². The van der Waals surface area contributed by atoms with Crippen LogP contribution in [-0.2, 0) is 5.41 Å². The molecule has 5 rings (SSSR count). The first-order valence-electron chi connectivity index (χ1n) is 10.2. The minimum absolute atomic E-state index is 0.0855. The number of anilines is 1. The normalized spacial score (nSPS) is 12.1. The van der Waals surface area contributed by atoms with E-state index in [1.807, 2.05) is 6.07 Å². The SMILES string of the molecule is CC(C)(C)c1ccc(N)c(-c2ccc3c4ccccc4c4ccccc4c3c2)c1. The first kappa shape index (κ1) is 17.8. The fourth-order valence-electron chi connectivity index (χ4n) is 4.35. The molecule has 1 heteroatoms. The smallest absolute Gasteiger partial charge is 0.0393 e. The Morgan fingerprint density at radius 2 is 1.07 bits per heavy atom. The molecule has 1 nitrogen and oxygen atoms in total. The van der Waals surface area contributed by atoms with Crippen molar-refractivity contribution in [2.24, 2.45) is 0 Å². The van der Waals surface area contributed by atoms with E-state index in [2.05, 4.69) is 99.6 Å². The van der Waals surface area contributed by atoms with E-state index in [4.69, 9.17) is 5.73 Å². The Morgan fingerprint density at radius 3 is 1.62 bits per heavy atom. The lowest BCUT2D eigenvalue weighted by Crippen LogP contribution is -2.11. The molecular weight excluding hydrogens is 350 g/mol. The molecule has 0 heterocycles. The lowest BCUT2D eigenvalue weighted by atomic mass is 9.84. The van der Waals surface area contributed by atoms with Crippen molar-refractivity contribution < 1.29 is 0 Å². The zero-order valence-corrected chi connectivity index (χ0v) is 17.2. The molecule has 0 saturated carbocycles. The molecule has 0 bridgehead atoms. The van der Waals surface area contributed by atoms with Crippen LogP contribution < -0.4 is 5.73 Å². The van der Waals surface area contributed by atoms with Crippen LogP contribution in [0.5, 0.6) is 0 Å². The van der Waals surface area contributed by atoms with Crippen molar-refractivity contribution in [2.75, 3.05) is 5.73 Å². The summed E-state index contributed by atoms with van der Waals surface area (Å²) in [5, 5.41) is 7.74. The zero-order chi connectivity index (χ0) is 20.2. The van der Waals surface area contributed by atoms with Gasteiger partial charge in [-0.25, -0.2) is 0 Å². The van der Waals surface area contributed by atoms with Gasteiger partial charge >= 0.3 is 0 Å². The molecule has 0 fully saturated rings. The first-order valence-corrected chi connectivity index (χ1v) is 10.2. The van der Waals surface area contributed by atoms with E-state index in [1.165, 1.54) is 43.4 Å². The second kappa shape index (κ2) is 6.35. The lowest BCUT2D eigenvalue weighted by molar-refractivity contribution is 0.590. The van der Waals surface area contributed by atoms with Gasteiger partial charge in [0.15, 0.2) is 0 Å². The number of hydrogen-bond donors (Lipinski definition) is 1. The molecule has 0 saturated heterocycles. The molecule has 0 unspecified atom stereocenters. The average Bonchev–Trinajstić information content (AvgIpc) is 2.73. The molecule has 0 amide bonds. The summed E-state index contributed by atoms with van der Waals surface area (Å²) in [5.74, 6) is 0. The highest BCUT2D eigenvalue weighted by Gasteiger charge is 2.16. The highest BCUT2D eigenvalue weighted by molar-refractivity contribution is 6.25. The summed E-state index contributed by atoms with van der Waals surface area (Å²) in [6.07, 6.45) is 0. The molecule has 0 radical (unpaired) electrons. The summed E-state index contributed by atoms with van der Waals surface area (Å²) in [5.41, 5.74) is 10.9. The Morgan fingerprint density at radius 1 is 0.552 bits per heavy atom. The molecule has 29 heavy (non-hydrogen) atoms. The topological polar surface area (TPSA) is 26.0 Å². The van der Waals surface area contributed by atoms with E-state index in [0.717, 1.165) is 11.3 Å².